The zero-order chi connectivity index (χ0) is 16.7. The van der Waals surface area contributed by atoms with Crippen LogP contribution in [0.15, 0.2) is 27.2 Å². The molecule has 1 aliphatic rings. The van der Waals surface area contributed by atoms with Gasteiger partial charge in [0, 0.05) is 11.6 Å². The molecular weight excluding hydrogens is 422 g/mol. The lowest BCUT2D eigenvalue weighted by Gasteiger charge is -2.11. The molecule has 0 unspecified atom stereocenters. The number of benzene rings is 1. The lowest BCUT2D eigenvalue weighted by atomic mass is 10.1. The summed E-state index contributed by atoms with van der Waals surface area (Å²) < 4.78 is 32.5. The van der Waals surface area contributed by atoms with Gasteiger partial charge in [-0.3, -0.25) is 4.79 Å². The van der Waals surface area contributed by atoms with E-state index in [0.29, 0.717) is 0 Å². The number of carbonyl (C=O) groups is 1. The smallest absolute Gasteiger partial charge is 0.310 e. The molecule has 0 bridgehead atoms. The number of hydrogen-bond acceptors (Lipinski definition) is 2. The average molecular weight is 438 g/mol. The van der Waals surface area contributed by atoms with Gasteiger partial charge in [-0.25, -0.2) is 8.78 Å². The molecule has 1 aromatic carbocycles. The van der Waals surface area contributed by atoms with E-state index in [2.05, 4.69) is 31.9 Å². The van der Waals surface area contributed by atoms with E-state index in [-0.39, 0.29) is 44.3 Å². The summed E-state index contributed by atoms with van der Waals surface area (Å²) in [4.78, 5) is 12.2. The Hall–Kier alpha value is -0.750. The minimum Gasteiger partial charge on any atom is -0.460 e. The quantitative estimate of drug-likeness (QED) is 0.359. The second kappa shape index (κ2) is 6.40. The first-order valence-electron chi connectivity index (χ1n) is 6.83. The normalized spacial score (nSPS) is 22.9. The molecule has 0 N–H and O–H groups in total. The standard InChI is InChI=1S/C16H16Br2F2O2/c1-4-5-9-12(16(9,2)3)15(21)22-7-8-13(17)10(19)6-11(20)14(8)18/h4-6,9,12H,7H2,1-3H3/t9-,12+/m1/s1. The summed E-state index contributed by atoms with van der Waals surface area (Å²) in [7, 11) is 0. The first-order valence-corrected chi connectivity index (χ1v) is 8.41. The van der Waals surface area contributed by atoms with Gasteiger partial charge in [0.15, 0.2) is 0 Å². The Balaban J connectivity index is 2.10. The van der Waals surface area contributed by atoms with E-state index in [4.69, 9.17) is 4.74 Å². The monoisotopic (exact) mass is 436 g/mol. The van der Waals surface area contributed by atoms with Gasteiger partial charge in [-0.05, 0) is 50.1 Å². The summed E-state index contributed by atoms with van der Waals surface area (Å²) in [6, 6.07) is 0.769. The van der Waals surface area contributed by atoms with E-state index >= 15 is 0 Å². The number of halogens is 4. The van der Waals surface area contributed by atoms with Crippen LogP contribution in [-0.2, 0) is 16.1 Å². The second-order valence-electron chi connectivity index (χ2n) is 5.91. The molecule has 0 aromatic heterocycles. The SMILES string of the molecule is CC=C[C@@H]1[C@@H](C(=O)OCc2c(Br)c(F)cc(F)c2Br)C1(C)C. The van der Waals surface area contributed by atoms with Crippen molar-refractivity contribution in [1.29, 1.82) is 0 Å². The summed E-state index contributed by atoms with van der Waals surface area (Å²) in [5.41, 5.74) is 0.0949. The summed E-state index contributed by atoms with van der Waals surface area (Å²) in [6.45, 7) is 5.71. The summed E-state index contributed by atoms with van der Waals surface area (Å²) >= 11 is 6.11. The van der Waals surface area contributed by atoms with Crippen LogP contribution in [0.3, 0.4) is 0 Å². The van der Waals surface area contributed by atoms with Crippen molar-refractivity contribution in [3.63, 3.8) is 0 Å². The van der Waals surface area contributed by atoms with Crippen LogP contribution in [0.4, 0.5) is 8.78 Å². The van der Waals surface area contributed by atoms with Crippen LogP contribution in [0.25, 0.3) is 0 Å². The fourth-order valence-corrected chi connectivity index (χ4v) is 3.80. The summed E-state index contributed by atoms with van der Waals surface area (Å²) in [6.07, 6.45) is 3.90. The molecule has 0 aliphatic heterocycles. The molecule has 0 amide bonds. The highest BCUT2D eigenvalue weighted by molar-refractivity contribution is 9.11. The molecule has 120 valence electrons. The molecule has 1 saturated carbocycles. The average Bonchev–Trinajstić information content (AvgIpc) is 2.98. The van der Waals surface area contributed by atoms with Gasteiger partial charge in [-0.1, -0.05) is 26.0 Å². The highest BCUT2D eigenvalue weighted by Gasteiger charge is 2.61. The van der Waals surface area contributed by atoms with Crippen molar-refractivity contribution < 1.29 is 18.3 Å². The van der Waals surface area contributed by atoms with Crippen LogP contribution in [0, 0.1) is 28.9 Å². The van der Waals surface area contributed by atoms with Gasteiger partial charge in [0.1, 0.15) is 18.2 Å². The van der Waals surface area contributed by atoms with Crippen LogP contribution < -0.4 is 0 Å². The largest absolute Gasteiger partial charge is 0.460 e. The molecule has 0 saturated heterocycles. The van der Waals surface area contributed by atoms with E-state index in [1.807, 2.05) is 32.9 Å². The molecular formula is C16H16Br2F2O2. The van der Waals surface area contributed by atoms with E-state index < -0.39 is 11.6 Å². The van der Waals surface area contributed by atoms with Gasteiger partial charge in [-0.15, -0.1) is 0 Å². The highest BCUT2D eigenvalue weighted by Crippen LogP contribution is 2.59. The van der Waals surface area contributed by atoms with Crippen LogP contribution >= 0.6 is 31.9 Å². The Kier molecular flexibility index (Phi) is 5.12. The zero-order valence-corrected chi connectivity index (χ0v) is 15.6. The third-order valence-electron chi connectivity index (χ3n) is 4.13. The van der Waals surface area contributed by atoms with Crippen LogP contribution in [-0.4, -0.2) is 5.97 Å². The van der Waals surface area contributed by atoms with Gasteiger partial charge in [0.2, 0.25) is 0 Å². The Bertz CT molecular complexity index is 615. The predicted molar refractivity (Wildman–Crippen MR) is 87.1 cm³/mol. The number of ether oxygens (including phenoxy) is 1. The number of rotatable bonds is 4. The Morgan fingerprint density at radius 3 is 2.36 bits per heavy atom. The van der Waals surface area contributed by atoms with Crippen molar-refractivity contribution >= 4 is 37.8 Å². The summed E-state index contributed by atoms with van der Waals surface area (Å²) in [5.74, 6) is -1.90. The minimum atomic E-state index is -0.731. The molecule has 1 aromatic rings. The van der Waals surface area contributed by atoms with Crippen molar-refractivity contribution in [2.24, 2.45) is 17.3 Å². The van der Waals surface area contributed by atoms with Crippen LogP contribution in [0.5, 0.6) is 0 Å². The van der Waals surface area contributed by atoms with Crippen molar-refractivity contribution in [2.45, 2.75) is 27.4 Å². The van der Waals surface area contributed by atoms with Crippen molar-refractivity contribution in [3.8, 4) is 0 Å². The molecule has 6 heteroatoms. The molecule has 22 heavy (non-hydrogen) atoms. The molecule has 0 heterocycles. The Morgan fingerprint density at radius 1 is 1.32 bits per heavy atom. The highest BCUT2D eigenvalue weighted by atomic mass is 79.9. The minimum absolute atomic E-state index is 0.0913. The first kappa shape index (κ1) is 17.6. The van der Waals surface area contributed by atoms with E-state index in [9.17, 15) is 13.6 Å². The third kappa shape index (κ3) is 3.13. The zero-order valence-electron chi connectivity index (χ0n) is 12.4. The molecule has 0 radical (unpaired) electrons. The van der Waals surface area contributed by atoms with Gasteiger partial charge < -0.3 is 4.74 Å². The van der Waals surface area contributed by atoms with Gasteiger partial charge in [-0.2, -0.15) is 0 Å². The third-order valence-corrected chi connectivity index (χ3v) is 5.84. The van der Waals surface area contributed by atoms with Crippen LogP contribution in [0.1, 0.15) is 26.3 Å². The molecule has 1 aliphatic carbocycles. The summed E-state index contributed by atoms with van der Waals surface area (Å²) in [5, 5.41) is 0. The molecule has 0 spiro atoms. The fourth-order valence-electron chi connectivity index (χ4n) is 2.68. The van der Waals surface area contributed by atoms with Crippen molar-refractivity contribution in [1.82, 2.24) is 0 Å². The van der Waals surface area contributed by atoms with Crippen molar-refractivity contribution in [3.05, 3.63) is 44.4 Å². The maximum atomic E-state index is 13.5. The van der Waals surface area contributed by atoms with Crippen LogP contribution in [0.2, 0.25) is 0 Å². The lowest BCUT2D eigenvalue weighted by molar-refractivity contribution is -0.147. The number of hydrogen-bond donors (Lipinski definition) is 0. The van der Waals surface area contributed by atoms with Crippen molar-refractivity contribution in [2.75, 3.05) is 0 Å². The number of carbonyl (C=O) groups excluding carboxylic acids is 1. The maximum Gasteiger partial charge on any atom is 0.310 e. The second-order valence-corrected chi connectivity index (χ2v) is 7.49. The lowest BCUT2D eigenvalue weighted by Crippen LogP contribution is -2.11. The van der Waals surface area contributed by atoms with Gasteiger partial charge >= 0.3 is 5.97 Å². The number of allylic oxidation sites excluding steroid dienone is 2. The predicted octanol–water partition coefficient (Wildman–Crippen LogP) is 5.38. The molecule has 1 fully saturated rings. The molecule has 2 nitrogen and oxygen atoms in total. The first-order chi connectivity index (χ1) is 10.2. The Labute approximate surface area is 145 Å². The topological polar surface area (TPSA) is 26.3 Å². The molecule has 2 atom stereocenters. The Morgan fingerprint density at radius 2 is 1.86 bits per heavy atom. The fraction of sp³-hybridized carbons (Fsp3) is 0.438. The maximum absolute atomic E-state index is 13.5. The van der Waals surface area contributed by atoms with Gasteiger partial charge in [0.05, 0.1) is 14.9 Å². The van der Waals surface area contributed by atoms with E-state index in [1.165, 1.54) is 0 Å². The van der Waals surface area contributed by atoms with Gasteiger partial charge in [0.25, 0.3) is 0 Å². The number of esters is 1. The van der Waals surface area contributed by atoms with E-state index in [0.717, 1.165) is 6.07 Å². The molecule has 2 rings (SSSR count). The van der Waals surface area contributed by atoms with E-state index in [1.54, 1.807) is 0 Å².